The average molecular weight is 509 g/mol. The summed E-state index contributed by atoms with van der Waals surface area (Å²) in [7, 11) is -0.345. The van der Waals surface area contributed by atoms with Gasteiger partial charge in [-0.2, -0.15) is 0 Å². The van der Waals surface area contributed by atoms with Gasteiger partial charge in [0.05, 0.1) is 19.1 Å². The maximum atomic E-state index is 12.6. The van der Waals surface area contributed by atoms with E-state index in [2.05, 4.69) is 15.7 Å². The number of ether oxygens (including phenoxy) is 2. The molecule has 0 aliphatic carbocycles. The lowest BCUT2D eigenvalue weighted by Gasteiger charge is -2.29. The van der Waals surface area contributed by atoms with Gasteiger partial charge in [0.1, 0.15) is 5.58 Å². The zero-order chi connectivity index (χ0) is 23.4. The van der Waals surface area contributed by atoms with Crippen LogP contribution in [0, 0.1) is 0 Å². The van der Waals surface area contributed by atoms with Crippen molar-refractivity contribution >= 4 is 33.4 Å². The number of hydrogen-bond donors (Lipinski definition) is 1. The quantitative estimate of drug-likeness (QED) is 0.349. The van der Waals surface area contributed by atoms with E-state index in [9.17, 15) is 13.2 Å². The molecule has 0 atom stereocenters. The first kappa shape index (κ1) is 26.0. The van der Waals surface area contributed by atoms with Gasteiger partial charge in [0.25, 0.3) is 0 Å². The van der Waals surface area contributed by atoms with E-state index in [1.54, 1.807) is 20.3 Å². The van der Waals surface area contributed by atoms with Gasteiger partial charge in [-0.1, -0.05) is 0 Å². The summed E-state index contributed by atoms with van der Waals surface area (Å²) in [4.78, 5) is 13.8. The van der Waals surface area contributed by atoms with Gasteiger partial charge >= 0.3 is 5.63 Å². The molecule has 0 radical (unpaired) electrons. The highest BCUT2D eigenvalue weighted by Gasteiger charge is 2.19. The number of unbranched alkanes of at least 4 members (excludes halogenated alkanes) is 1. The average Bonchev–Trinajstić information content (AvgIpc) is 2.82. The van der Waals surface area contributed by atoms with E-state index in [1.165, 1.54) is 35.4 Å². The topological polar surface area (TPSA) is 98.1 Å². The third-order valence-electron chi connectivity index (χ3n) is 5.89. The van der Waals surface area contributed by atoms with Gasteiger partial charge in [-0.3, -0.25) is 4.90 Å². The first-order chi connectivity index (χ1) is 15.9. The van der Waals surface area contributed by atoms with Crippen LogP contribution in [0.25, 0.3) is 11.0 Å². The molecular formula is C24H29ClN2O6S. The molecule has 34 heavy (non-hydrogen) atoms. The zero-order valence-corrected chi connectivity index (χ0v) is 20.8. The van der Waals surface area contributed by atoms with Gasteiger partial charge in [-0.25, -0.2) is 17.9 Å². The summed E-state index contributed by atoms with van der Waals surface area (Å²) in [5.74, 6) is 1.50. The molecule has 0 amide bonds. The van der Waals surface area contributed by atoms with Crippen LogP contribution in [0.2, 0.25) is 0 Å². The van der Waals surface area contributed by atoms with Crippen LogP contribution in [0.4, 0.5) is 0 Å². The van der Waals surface area contributed by atoms with E-state index >= 15 is 0 Å². The molecule has 3 aromatic rings. The predicted octanol–water partition coefficient (Wildman–Crippen LogP) is 3.35. The summed E-state index contributed by atoms with van der Waals surface area (Å²) in [5.41, 5.74) is 2.42. The van der Waals surface area contributed by atoms with Crippen molar-refractivity contribution in [2.45, 2.75) is 30.7 Å². The van der Waals surface area contributed by atoms with Gasteiger partial charge in [0.15, 0.2) is 11.5 Å². The number of halogens is 1. The van der Waals surface area contributed by atoms with Crippen LogP contribution >= 0.6 is 12.4 Å². The Bertz CT molecular complexity index is 1310. The minimum Gasteiger partial charge on any atom is -0.493 e. The molecule has 0 fully saturated rings. The Labute approximate surface area is 205 Å². The molecule has 1 N–H and O–H groups in total. The Morgan fingerprint density at radius 1 is 1.00 bits per heavy atom. The number of sulfonamides is 1. The molecule has 8 nitrogen and oxygen atoms in total. The zero-order valence-electron chi connectivity index (χ0n) is 19.2. The first-order valence-corrected chi connectivity index (χ1v) is 12.4. The highest BCUT2D eigenvalue weighted by molar-refractivity contribution is 7.89. The van der Waals surface area contributed by atoms with Crippen molar-refractivity contribution in [3.8, 4) is 11.5 Å². The number of fused-ring (bicyclic) bond motifs is 2. The number of methoxy groups -OCH3 is 2. The smallest absolute Gasteiger partial charge is 0.336 e. The lowest BCUT2D eigenvalue weighted by Crippen LogP contribution is -2.32. The molecule has 10 heteroatoms. The number of benzene rings is 2. The Morgan fingerprint density at radius 3 is 2.47 bits per heavy atom. The second-order valence-electron chi connectivity index (χ2n) is 8.06. The highest BCUT2D eigenvalue weighted by Crippen LogP contribution is 2.33. The van der Waals surface area contributed by atoms with E-state index in [0.29, 0.717) is 17.5 Å². The van der Waals surface area contributed by atoms with Crippen molar-refractivity contribution in [3.63, 3.8) is 0 Å². The van der Waals surface area contributed by atoms with Crippen molar-refractivity contribution in [2.75, 3.05) is 33.9 Å². The normalized spacial score (nSPS) is 13.8. The summed E-state index contributed by atoms with van der Waals surface area (Å²) in [6.45, 7) is 3.06. The number of hydrogen-bond acceptors (Lipinski definition) is 7. The molecule has 1 aromatic heterocycles. The van der Waals surface area contributed by atoms with Crippen LogP contribution in [-0.2, 0) is 23.0 Å². The Balaban J connectivity index is 0.00000324. The molecule has 1 aliphatic rings. The van der Waals surface area contributed by atoms with Crippen LogP contribution in [-0.4, -0.2) is 47.2 Å². The molecule has 2 aromatic carbocycles. The number of rotatable bonds is 9. The summed E-state index contributed by atoms with van der Waals surface area (Å²) >= 11 is 0. The first-order valence-electron chi connectivity index (χ1n) is 10.9. The maximum absolute atomic E-state index is 12.6. The van der Waals surface area contributed by atoms with Gasteiger partial charge in [0, 0.05) is 31.1 Å². The monoisotopic (exact) mass is 508 g/mol. The molecule has 4 rings (SSSR count). The third-order valence-corrected chi connectivity index (χ3v) is 7.35. The summed E-state index contributed by atoms with van der Waals surface area (Å²) < 4.78 is 43.8. The van der Waals surface area contributed by atoms with E-state index in [1.807, 2.05) is 6.07 Å². The largest absolute Gasteiger partial charge is 0.493 e. The fourth-order valence-corrected chi connectivity index (χ4v) is 5.21. The van der Waals surface area contributed by atoms with Crippen LogP contribution in [0.1, 0.15) is 24.0 Å². The summed E-state index contributed by atoms with van der Waals surface area (Å²) in [6.07, 6.45) is 2.56. The van der Waals surface area contributed by atoms with Gasteiger partial charge in [-0.15, -0.1) is 12.4 Å². The second kappa shape index (κ2) is 11.2. The molecule has 0 spiro atoms. The molecule has 0 bridgehead atoms. The molecular weight excluding hydrogens is 480 g/mol. The van der Waals surface area contributed by atoms with Crippen LogP contribution in [0.5, 0.6) is 11.5 Å². The highest BCUT2D eigenvalue weighted by atomic mass is 35.5. The Hall–Kier alpha value is -2.59. The summed E-state index contributed by atoms with van der Waals surface area (Å²) in [5, 5.41) is 0.567. The Morgan fingerprint density at radius 2 is 1.74 bits per heavy atom. The van der Waals surface area contributed by atoms with E-state index in [0.717, 1.165) is 50.4 Å². The van der Waals surface area contributed by atoms with Crippen molar-refractivity contribution < 1.29 is 22.3 Å². The lowest BCUT2D eigenvalue weighted by molar-refractivity contribution is 0.248. The van der Waals surface area contributed by atoms with Crippen molar-refractivity contribution in [1.29, 1.82) is 0 Å². The van der Waals surface area contributed by atoms with Crippen molar-refractivity contribution in [3.05, 3.63) is 64.0 Å². The predicted molar refractivity (Wildman–Crippen MR) is 133 cm³/mol. The lowest BCUT2D eigenvalue weighted by atomic mass is 9.98. The Kier molecular flexibility index (Phi) is 8.59. The molecule has 2 heterocycles. The molecule has 0 saturated carbocycles. The van der Waals surface area contributed by atoms with Gasteiger partial charge < -0.3 is 13.9 Å². The standard InChI is InChI=1S/C24H28N2O6S.ClH/c1-30-22-14-17-9-12-26(16-19(17)15-23(22)31-2)11-4-3-10-25-33(28,29)20-6-7-21-18(13-20)5-8-24(27)32-21;/h5-8,13-15,25H,3-4,9-12,16H2,1-2H3;1H. The van der Waals surface area contributed by atoms with Crippen LogP contribution in [0.3, 0.4) is 0 Å². The second-order valence-corrected chi connectivity index (χ2v) is 9.83. The maximum Gasteiger partial charge on any atom is 0.336 e. The van der Waals surface area contributed by atoms with Crippen molar-refractivity contribution in [2.24, 2.45) is 0 Å². The van der Waals surface area contributed by atoms with E-state index < -0.39 is 15.6 Å². The van der Waals surface area contributed by atoms with Crippen molar-refractivity contribution in [1.82, 2.24) is 9.62 Å². The summed E-state index contributed by atoms with van der Waals surface area (Å²) in [6, 6.07) is 11.4. The van der Waals surface area contributed by atoms with Crippen LogP contribution < -0.4 is 19.8 Å². The SMILES string of the molecule is COc1cc2c(cc1OC)CN(CCCCNS(=O)(=O)c1ccc3oc(=O)ccc3c1)CC2.Cl. The molecule has 1 aliphatic heterocycles. The van der Waals surface area contributed by atoms with Gasteiger partial charge in [-0.05, 0) is 73.3 Å². The third kappa shape index (κ3) is 5.90. The van der Waals surface area contributed by atoms with E-state index in [-0.39, 0.29) is 17.3 Å². The minimum atomic E-state index is -3.63. The number of nitrogens with one attached hydrogen (secondary N) is 1. The molecule has 0 saturated heterocycles. The van der Waals surface area contributed by atoms with E-state index in [4.69, 9.17) is 13.9 Å². The number of nitrogens with zero attached hydrogens (tertiary/aromatic N) is 1. The fraction of sp³-hybridized carbons (Fsp3) is 0.375. The van der Waals surface area contributed by atoms with Gasteiger partial charge in [0.2, 0.25) is 10.0 Å². The minimum absolute atomic E-state index is 0. The fourth-order valence-electron chi connectivity index (χ4n) is 4.10. The molecule has 0 unspecified atom stereocenters. The molecule has 184 valence electrons. The van der Waals surface area contributed by atoms with Crippen LogP contribution in [0.15, 0.2) is 56.6 Å².